The third-order valence-electron chi connectivity index (χ3n) is 4.52. The van der Waals surface area contributed by atoms with Crippen molar-refractivity contribution >= 4 is 5.91 Å². The molecular weight excluding hydrogens is 423 g/mol. The van der Waals surface area contributed by atoms with E-state index in [1.165, 1.54) is 25.5 Å². The van der Waals surface area contributed by atoms with Crippen LogP contribution in [-0.2, 0) is 18.8 Å². The minimum Gasteiger partial charge on any atom is -0.477 e. The molecule has 31 heavy (non-hydrogen) atoms. The van der Waals surface area contributed by atoms with Crippen molar-refractivity contribution in [3.05, 3.63) is 65.0 Å². The highest BCUT2D eigenvalue weighted by molar-refractivity contribution is 5.93. The average molecular weight is 440 g/mol. The Labute approximate surface area is 173 Å². The van der Waals surface area contributed by atoms with Crippen molar-refractivity contribution < 1.29 is 31.5 Å². The molecule has 3 rings (SSSR count). The fourth-order valence-electron chi connectivity index (χ4n) is 3.09. The molecule has 164 valence electrons. The molecule has 0 unspecified atom stereocenters. The van der Waals surface area contributed by atoms with Crippen molar-refractivity contribution in [2.24, 2.45) is 12.8 Å². The number of hydrogen-bond donors (Lipinski definition) is 1. The van der Waals surface area contributed by atoms with Gasteiger partial charge >= 0.3 is 6.18 Å². The Morgan fingerprint density at radius 2 is 1.74 bits per heavy atom. The molecular formula is C20H17F5N4O2. The van der Waals surface area contributed by atoms with Gasteiger partial charge in [0.1, 0.15) is 5.82 Å². The number of nitrogens with zero attached hydrogens (tertiary/aromatic N) is 3. The number of alkyl halides is 3. The van der Waals surface area contributed by atoms with E-state index in [0.29, 0.717) is 12.1 Å². The monoisotopic (exact) mass is 440 g/mol. The third-order valence-corrected chi connectivity index (χ3v) is 4.52. The van der Waals surface area contributed by atoms with Crippen molar-refractivity contribution in [1.82, 2.24) is 14.8 Å². The topological polar surface area (TPSA) is 83.0 Å². The number of hydrogen-bond acceptors (Lipinski definition) is 4. The SMILES string of the molecule is Cn1c(-c2ccc(C(N)=O)cc2C(F)(F)F)nnc1C(C)(C)Oc1ccc(F)cc1F. The summed E-state index contributed by atoms with van der Waals surface area (Å²) in [6.45, 7) is 3.01. The molecule has 1 aromatic heterocycles. The zero-order chi connectivity index (χ0) is 23.1. The van der Waals surface area contributed by atoms with Crippen LogP contribution >= 0.6 is 0 Å². The molecule has 0 saturated carbocycles. The summed E-state index contributed by atoms with van der Waals surface area (Å²) in [6, 6.07) is 5.60. The van der Waals surface area contributed by atoms with E-state index in [0.717, 1.165) is 24.3 Å². The van der Waals surface area contributed by atoms with E-state index in [-0.39, 0.29) is 28.5 Å². The first-order chi connectivity index (χ1) is 14.3. The quantitative estimate of drug-likeness (QED) is 0.603. The van der Waals surface area contributed by atoms with Crippen molar-refractivity contribution in [1.29, 1.82) is 0 Å². The predicted octanol–water partition coefficient (Wildman–Crippen LogP) is 4.19. The standard InChI is InChI=1S/C20H17F5N4O2/c1-19(2,31-15-7-5-11(21)9-14(15)22)18-28-27-17(29(18)3)12-6-4-10(16(26)30)8-13(12)20(23,24)25/h4-9H,1-3H3,(H2,26,30). The van der Waals surface area contributed by atoms with E-state index in [1.807, 2.05) is 0 Å². The van der Waals surface area contributed by atoms with E-state index in [9.17, 15) is 26.7 Å². The zero-order valence-electron chi connectivity index (χ0n) is 16.6. The van der Waals surface area contributed by atoms with Crippen LogP contribution in [0.3, 0.4) is 0 Å². The van der Waals surface area contributed by atoms with Crippen LogP contribution in [-0.4, -0.2) is 20.7 Å². The van der Waals surface area contributed by atoms with Gasteiger partial charge in [0.05, 0.1) is 5.56 Å². The van der Waals surface area contributed by atoms with Crippen molar-refractivity contribution in [2.45, 2.75) is 25.6 Å². The Bertz CT molecular complexity index is 1150. The lowest BCUT2D eigenvalue weighted by molar-refractivity contribution is -0.137. The van der Waals surface area contributed by atoms with Crippen LogP contribution < -0.4 is 10.5 Å². The number of ether oxygens (including phenoxy) is 1. The summed E-state index contributed by atoms with van der Waals surface area (Å²) in [6.07, 6.45) is -4.80. The first-order valence-electron chi connectivity index (χ1n) is 8.86. The zero-order valence-corrected chi connectivity index (χ0v) is 16.6. The molecule has 0 saturated heterocycles. The molecule has 1 heterocycles. The summed E-state index contributed by atoms with van der Waals surface area (Å²) in [7, 11) is 1.42. The number of halogens is 5. The molecule has 0 aliphatic heterocycles. The lowest BCUT2D eigenvalue weighted by atomic mass is 10.0. The fourth-order valence-corrected chi connectivity index (χ4v) is 3.09. The molecule has 2 N–H and O–H groups in total. The van der Waals surface area contributed by atoms with Gasteiger partial charge in [0.15, 0.2) is 28.8 Å². The molecule has 0 aliphatic carbocycles. The van der Waals surface area contributed by atoms with Gasteiger partial charge in [0, 0.05) is 24.2 Å². The minimum absolute atomic E-state index is 0.0818. The summed E-state index contributed by atoms with van der Waals surface area (Å²) >= 11 is 0. The normalized spacial score (nSPS) is 12.1. The Morgan fingerprint density at radius 3 is 2.32 bits per heavy atom. The lowest BCUT2D eigenvalue weighted by Crippen LogP contribution is -2.29. The van der Waals surface area contributed by atoms with Crippen LogP contribution in [0.5, 0.6) is 5.75 Å². The number of aromatic nitrogens is 3. The number of carbonyl (C=O) groups is 1. The Kier molecular flexibility index (Phi) is 5.47. The maximum Gasteiger partial charge on any atom is 0.417 e. The smallest absolute Gasteiger partial charge is 0.417 e. The number of carbonyl (C=O) groups excluding carboxylic acids is 1. The number of amides is 1. The number of rotatable bonds is 5. The molecule has 0 radical (unpaired) electrons. The number of nitrogens with two attached hydrogens (primary N) is 1. The summed E-state index contributed by atoms with van der Waals surface area (Å²) < 4.78 is 74.8. The highest BCUT2D eigenvalue weighted by Crippen LogP contribution is 2.38. The molecule has 1 amide bonds. The summed E-state index contributed by atoms with van der Waals surface area (Å²) in [5.74, 6) is -3.09. The number of primary amides is 1. The van der Waals surface area contributed by atoms with E-state index in [1.54, 1.807) is 0 Å². The maximum atomic E-state index is 14.0. The number of benzene rings is 2. The maximum absolute atomic E-state index is 14.0. The Balaban J connectivity index is 2.06. The molecule has 2 aromatic carbocycles. The van der Waals surface area contributed by atoms with Gasteiger partial charge in [0.25, 0.3) is 0 Å². The van der Waals surface area contributed by atoms with Gasteiger partial charge in [-0.05, 0) is 44.2 Å². The van der Waals surface area contributed by atoms with Crippen LogP contribution in [0.1, 0.15) is 35.6 Å². The summed E-state index contributed by atoms with van der Waals surface area (Å²) in [5, 5.41) is 7.76. The van der Waals surface area contributed by atoms with Gasteiger partial charge in [-0.25, -0.2) is 8.78 Å². The first kappa shape index (κ1) is 22.2. The van der Waals surface area contributed by atoms with Gasteiger partial charge in [0.2, 0.25) is 5.91 Å². The molecule has 0 spiro atoms. The molecule has 0 fully saturated rings. The highest BCUT2D eigenvalue weighted by Gasteiger charge is 2.37. The molecule has 3 aromatic rings. The van der Waals surface area contributed by atoms with Crippen molar-refractivity contribution in [3.63, 3.8) is 0 Å². The van der Waals surface area contributed by atoms with Crippen molar-refractivity contribution in [2.75, 3.05) is 0 Å². The van der Waals surface area contributed by atoms with Gasteiger partial charge in [-0.15, -0.1) is 10.2 Å². The minimum atomic E-state index is -4.80. The molecule has 11 heteroatoms. The second kappa shape index (κ2) is 7.64. The van der Waals surface area contributed by atoms with Crippen molar-refractivity contribution in [3.8, 4) is 17.1 Å². The Morgan fingerprint density at radius 1 is 1.06 bits per heavy atom. The molecule has 0 atom stereocenters. The first-order valence-corrected chi connectivity index (χ1v) is 8.86. The van der Waals surface area contributed by atoms with E-state index in [2.05, 4.69) is 10.2 Å². The fraction of sp³-hybridized carbons (Fsp3) is 0.250. The van der Waals surface area contributed by atoms with E-state index >= 15 is 0 Å². The summed E-state index contributed by atoms with van der Waals surface area (Å²) in [4.78, 5) is 11.3. The molecule has 6 nitrogen and oxygen atoms in total. The van der Waals surface area contributed by atoms with Gasteiger partial charge in [-0.3, -0.25) is 4.79 Å². The van der Waals surface area contributed by atoms with Gasteiger partial charge in [-0.1, -0.05) is 0 Å². The molecule has 0 aliphatic rings. The second-order valence-corrected chi connectivity index (χ2v) is 7.22. The van der Waals surface area contributed by atoms with Crippen LogP contribution in [0.2, 0.25) is 0 Å². The molecule has 0 bridgehead atoms. The summed E-state index contributed by atoms with van der Waals surface area (Å²) in [5.41, 5.74) is 1.99. The van der Waals surface area contributed by atoms with E-state index in [4.69, 9.17) is 10.5 Å². The van der Waals surface area contributed by atoms with Gasteiger partial charge in [-0.2, -0.15) is 13.2 Å². The third kappa shape index (κ3) is 4.35. The second-order valence-electron chi connectivity index (χ2n) is 7.22. The van der Waals surface area contributed by atoms with Crippen LogP contribution in [0.4, 0.5) is 22.0 Å². The van der Waals surface area contributed by atoms with Crippen LogP contribution in [0.15, 0.2) is 36.4 Å². The van der Waals surface area contributed by atoms with E-state index < -0.39 is 34.9 Å². The van der Waals surface area contributed by atoms with Crippen LogP contribution in [0, 0.1) is 11.6 Å². The Hall–Kier alpha value is -3.50. The lowest BCUT2D eigenvalue weighted by Gasteiger charge is -2.26. The average Bonchev–Trinajstić information content (AvgIpc) is 3.05. The predicted molar refractivity (Wildman–Crippen MR) is 100.0 cm³/mol. The van der Waals surface area contributed by atoms with Crippen LogP contribution in [0.25, 0.3) is 11.4 Å². The van der Waals surface area contributed by atoms with Gasteiger partial charge < -0.3 is 15.0 Å². The largest absolute Gasteiger partial charge is 0.477 e. The highest BCUT2D eigenvalue weighted by atomic mass is 19.4.